The molecule has 0 aliphatic heterocycles. The number of benzene rings is 1. The third-order valence-corrected chi connectivity index (χ3v) is 4.12. The van der Waals surface area contributed by atoms with Gasteiger partial charge in [0.2, 0.25) is 0 Å². The highest BCUT2D eigenvalue weighted by molar-refractivity contribution is 6.08. The van der Waals surface area contributed by atoms with Gasteiger partial charge in [-0.15, -0.1) is 0 Å². The lowest BCUT2D eigenvalue weighted by Gasteiger charge is -2.07. The van der Waals surface area contributed by atoms with E-state index < -0.39 is 5.97 Å². The molecule has 0 aliphatic carbocycles. The minimum atomic E-state index is -0.850. The van der Waals surface area contributed by atoms with Gasteiger partial charge in [0.25, 0.3) is 5.91 Å². The number of hydrogen-bond acceptors (Lipinski definition) is 4. The highest BCUT2D eigenvalue weighted by Crippen LogP contribution is 2.23. The van der Waals surface area contributed by atoms with Gasteiger partial charge in [-0.3, -0.25) is 19.0 Å². The number of aryl methyl sites for hydroxylation is 3. The molecule has 140 valence electrons. The molecule has 2 N–H and O–H groups in total. The molecule has 3 aromatic rings. The maximum absolute atomic E-state index is 12.8. The van der Waals surface area contributed by atoms with Gasteiger partial charge in [-0.2, -0.15) is 10.2 Å². The first-order valence-corrected chi connectivity index (χ1v) is 8.65. The second-order valence-corrected chi connectivity index (χ2v) is 6.20. The van der Waals surface area contributed by atoms with Crippen LogP contribution in [0.25, 0.3) is 11.3 Å². The van der Waals surface area contributed by atoms with Crippen LogP contribution in [0.4, 0.5) is 5.69 Å². The van der Waals surface area contributed by atoms with Crippen molar-refractivity contribution in [1.82, 2.24) is 19.6 Å². The minimum absolute atomic E-state index is 0.0472. The van der Waals surface area contributed by atoms with E-state index in [1.165, 1.54) is 0 Å². The fourth-order valence-corrected chi connectivity index (χ4v) is 2.78. The van der Waals surface area contributed by atoms with Crippen LogP contribution in [0.15, 0.2) is 42.9 Å². The molecule has 0 spiro atoms. The van der Waals surface area contributed by atoms with Gasteiger partial charge in [-0.05, 0) is 31.0 Å². The molecular weight excluding hydrogens is 346 g/mol. The topological polar surface area (TPSA) is 102 Å². The SMILES string of the molecule is CCn1cc(-c2nn(C)cc2C(=O)Nc2cccc(CCC(=O)O)c2)cn1. The van der Waals surface area contributed by atoms with Gasteiger partial charge in [0.05, 0.1) is 11.8 Å². The molecule has 0 aliphatic rings. The van der Waals surface area contributed by atoms with E-state index in [-0.39, 0.29) is 12.3 Å². The summed E-state index contributed by atoms with van der Waals surface area (Å²) >= 11 is 0. The summed E-state index contributed by atoms with van der Waals surface area (Å²) in [5, 5.41) is 20.3. The number of nitrogens with one attached hydrogen (secondary N) is 1. The fraction of sp³-hybridized carbons (Fsp3) is 0.263. The molecule has 0 radical (unpaired) electrons. The summed E-state index contributed by atoms with van der Waals surface area (Å²) in [6, 6.07) is 7.19. The van der Waals surface area contributed by atoms with Gasteiger partial charge in [0, 0.05) is 43.7 Å². The number of carboxylic acid groups (broad SMARTS) is 1. The van der Waals surface area contributed by atoms with E-state index >= 15 is 0 Å². The lowest BCUT2D eigenvalue weighted by Crippen LogP contribution is -2.12. The van der Waals surface area contributed by atoms with E-state index in [1.807, 2.05) is 19.2 Å². The van der Waals surface area contributed by atoms with Gasteiger partial charge < -0.3 is 10.4 Å². The van der Waals surface area contributed by atoms with Crippen LogP contribution in [-0.2, 0) is 24.8 Å². The number of nitrogens with zero attached hydrogens (tertiary/aromatic N) is 4. The van der Waals surface area contributed by atoms with Crippen LogP contribution in [0.5, 0.6) is 0 Å². The zero-order valence-corrected chi connectivity index (χ0v) is 15.2. The van der Waals surface area contributed by atoms with Gasteiger partial charge in [0.15, 0.2) is 0 Å². The zero-order valence-electron chi connectivity index (χ0n) is 15.2. The Balaban J connectivity index is 1.81. The molecule has 0 saturated carbocycles. The van der Waals surface area contributed by atoms with E-state index in [4.69, 9.17) is 5.11 Å². The number of carbonyl (C=O) groups is 2. The molecule has 0 bridgehead atoms. The third kappa shape index (κ3) is 4.41. The Bertz CT molecular complexity index is 973. The van der Waals surface area contributed by atoms with Gasteiger partial charge in [-0.1, -0.05) is 12.1 Å². The average Bonchev–Trinajstić information content (AvgIpc) is 3.26. The molecule has 8 heteroatoms. The smallest absolute Gasteiger partial charge is 0.303 e. The van der Waals surface area contributed by atoms with Crippen molar-refractivity contribution >= 4 is 17.6 Å². The molecule has 3 rings (SSSR count). The predicted molar refractivity (Wildman–Crippen MR) is 100 cm³/mol. The highest BCUT2D eigenvalue weighted by atomic mass is 16.4. The molecule has 8 nitrogen and oxygen atoms in total. The van der Waals surface area contributed by atoms with Gasteiger partial charge >= 0.3 is 5.97 Å². The average molecular weight is 367 g/mol. The maximum atomic E-state index is 12.8. The van der Waals surface area contributed by atoms with Crippen molar-refractivity contribution in [1.29, 1.82) is 0 Å². The summed E-state index contributed by atoms with van der Waals surface area (Å²) in [5.74, 6) is -1.13. The quantitative estimate of drug-likeness (QED) is 0.668. The molecule has 0 unspecified atom stereocenters. The van der Waals surface area contributed by atoms with Crippen LogP contribution < -0.4 is 5.32 Å². The lowest BCUT2D eigenvalue weighted by molar-refractivity contribution is -0.136. The van der Waals surface area contributed by atoms with Crippen molar-refractivity contribution in [3.05, 3.63) is 54.0 Å². The Morgan fingerprint density at radius 3 is 2.78 bits per heavy atom. The normalized spacial score (nSPS) is 10.7. The number of aromatic nitrogens is 4. The van der Waals surface area contributed by atoms with Crippen molar-refractivity contribution in [3.63, 3.8) is 0 Å². The molecule has 0 saturated heterocycles. The van der Waals surface area contributed by atoms with Crippen LogP contribution >= 0.6 is 0 Å². The summed E-state index contributed by atoms with van der Waals surface area (Å²) in [6.45, 7) is 2.72. The Hall–Kier alpha value is -3.42. The van der Waals surface area contributed by atoms with Crippen molar-refractivity contribution < 1.29 is 14.7 Å². The Kier molecular flexibility index (Phi) is 5.35. The number of rotatable bonds is 7. The second-order valence-electron chi connectivity index (χ2n) is 6.20. The predicted octanol–water partition coefficient (Wildman–Crippen LogP) is 2.57. The number of carbonyl (C=O) groups excluding carboxylic acids is 1. The fourth-order valence-electron chi connectivity index (χ4n) is 2.78. The first-order valence-electron chi connectivity index (χ1n) is 8.65. The molecule has 0 fully saturated rings. The Labute approximate surface area is 156 Å². The van der Waals surface area contributed by atoms with Gasteiger partial charge in [-0.25, -0.2) is 0 Å². The molecule has 1 aromatic carbocycles. The lowest BCUT2D eigenvalue weighted by atomic mass is 10.1. The van der Waals surface area contributed by atoms with Crippen LogP contribution in [0, 0.1) is 0 Å². The number of hydrogen-bond donors (Lipinski definition) is 2. The Morgan fingerprint density at radius 2 is 2.07 bits per heavy atom. The highest BCUT2D eigenvalue weighted by Gasteiger charge is 2.18. The van der Waals surface area contributed by atoms with Crippen LogP contribution in [0.2, 0.25) is 0 Å². The zero-order chi connectivity index (χ0) is 19.4. The minimum Gasteiger partial charge on any atom is -0.481 e. The molecule has 2 aromatic heterocycles. The Morgan fingerprint density at radius 1 is 1.26 bits per heavy atom. The molecular formula is C19H21N5O3. The number of anilines is 1. The number of carboxylic acids is 1. The van der Waals surface area contributed by atoms with Crippen molar-refractivity contribution in [2.75, 3.05) is 5.32 Å². The van der Waals surface area contributed by atoms with Crippen molar-refractivity contribution in [2.45, 2.75) is 26.3 Å². The van der Waals surface area contributed by atoms with E-state index in [1.54, 1.807) is 47.0 Å². The first kappa shape index (κ1) is 18.4. The number of amides is 1. The maximum Gasteiger partial charge on any atom is 0.303 e. The van der Waals surface area contributed by atoms with Crippen molar-refractivity contribution in [3.8, 4) is 11.3 Å². The van der Waals surface area contributed by atoms with E-state index in [0.29, 0.717) is 23.4 Å². The van der Waals surface area contributed by atoms with Crippen LogP contribution in [0.3, 0.4) is 0 Å². The summed E-state index contributed by atoms with van der Waals surface area (Å²) in [5.41, 5.74) is 3.26. The van der Waals surface area contributed by atoms with Crippen molar-refractivity contribution in [2.24, 2.45) is 7.05 Å². The summed E-state index contributed by atoms with van der Waals surface area (Å²) < 4.78 is 3.37. The molecule has 2 heterocycles. The standard InChI is InChI=1S/C19H21N5O3/c1-3-24-11-14(10-20-24)18-16(12-23(2)22-18)19(27)21-15-6-4-5-13(9-15)7-8-17(25)26/h4-6,9-12H,3,7-8H2,1-2H3,(H,21,27)(H,25,26). The first-order chi connectivity index (χ1) is 13.0. The summed E-state index contributed by atoms with van der Waals surface area (Å²) in [6.07, 6.45) is 5.67. The molecule has 27 heavy (non-hydrogen) atoms. The second kappa shape index (κ2) is 7.86. The largest absolute Gasteiger partial charge is 0.481 e. The van der Waals surface area contributed by atoms with Crippen LogP contribution in [-0.4, -0.2) is 36.5 Å². The summed E-state index contributed by atoms with van der Waals surface area (Å²) in [4.78, 5) is 23.5. The monoisotopic (exact) mass is 367 g/mol. The third-order valence-electron chi connectivity index (χ3n) is 4.12. The van der Waals surface area contributed by atoms with E-state index in [0.717, 1.165) is 17.7 Å². The van der Waals surface area contributed by atoms with Crippen LogP contribution in [0.1, 0.15) is 29.3 Å². The molecule has 0 atom stereocenters. The number of aliphatic carboxylic acids is 1. The van der Waals surface area contributed by atoms with Gasteiger partial charge in [0.1, 0.15) is 5.69 Å². The molecule has 1 amide bonds. The summed E-state index contributed by atoms with van der Waals surface area (Å²) in [7, 11) is 1.76. The van der Waals surface area contributed by atoms with E-state index in [9.17, 15) is 9.59 Å². The van der Waals surface area contributed by atoms with E-state index in [2.05, 4.69) is 15.5 Å².